The van der Waals surface area contributed by atoms with Crippen molar-refractivity contribution in [1.29, 1.82) is 0 Å². The second kappa shape index (κ2) is 5.20. The summed E-state index contributed by atoms with van der Waals surface area (Å²) in [4.78, 5) is 35.6. The van der Waals surface area contributed by atoms with E-state index >= 15 is 0 Å². The highest BCUT2D eigenvalue weighted by Gasteiger charge is 2.35. The van der Waals surface area contributed by atoms with Crippen molar-refractivity contribution in [3.8, 4) is 0 Å². The molecule has 1 heterocycles. The van der Waals surface area contributed by atoms with E-state index in [2.05, 4.69) is 5.32 Å². The Balaban J connectivity index is 2.02. The summed E-state index contributed by atoms with van der Waals surface area (Å²) >= 11 is 0. The van der Waals surface area contributed by atoms with Crippen molar-refractivity contribution >= 4 is 17.8 Å². The number of amides is 2. The van der Waals surface area contributed by atoms with Crippen LogP contribution in [0.2, 0.25) is 0 Å². The Hall–Kier alpha value is -1.85. The molecule has 98 valence electrons. The van der Waals surface area contributed by atoms with E-state index in [9.17, 15) is 14.4 Å². The molecule has 6 heteroatoms. The van der Waals surface area contributed by atoms with E-state index in [0.29, 0.717) is 0 Å². The molecule has 2 amide bonds. The number of rotatable bonds is 3. The maximum atomic E-state index is 12.1. The summed E-state index contributed by atoms with van der Waals surface area (Å²) in [6.45, 7) is -0.174. The molecule has 0 aromatic rings. The number of hydrogen-bond acceptors (Lipinski definition) is 3. The molecule has 6 nitrogen and oxygen atoms in total. The molecule has 18 heavy (non-hydrogen) atoms. The molecule has 0 aromatic heterocycles. The van der Waals surface area contributed by atoms with Gasteiger partial charge in [-0.25, -0.2) is 4.79 Å². The van der Waals surface area contributed by atoms with Crippen LogP contribution in [0.15, 0.2) is 12.2 Å². The summed E-state index contributed by atoms with van der Waals surface area (Å²) in [5, 5.41) is 11.5. The molecule has 1 aliphatic carbocycles. The average molecular weight is 252 g/mol. The third-order valence-electron chi connectivity index (χ3n) is 3.34. The summed E-state index contributed by atoms with van der Waals surface area (Å²) in [7, 11) is 0. The molecule has 0 radical (unpaired) electrons. The molecule has 1 saturated heterocycles. The topological polar surface area (TPSA) is 86.7 Å². The number of allylic oxidation sites excluding steroid dienone is 2. The van der Waals surface area contributed by atoms with E-state index in [-0.39, 0.29) is 37.2 Å². The normalized spacial score (nSPS) is 27.1. The Morgan fingerprint density at radius 1 is 1.50 bits per heavy atom. The fraction of sp³-hybridized carbons (Fsp3) is 0.583. The fourth-order valence-corrected chi connectivity index (χ4v) is 2.33. The van der Waals surface area contributed by atoms with Crippen molar-refractivity contribution < 1.29 is 19.5 Å². The first-order valence-corrected chi connectivity index (χ1v) is 6.03. The summed E-state index contributed by atoms with van der Waals surface area (Å²) in [6, 6.07) is -0.944. The van der Waals surface area contributed by atoms with Gasteiger partial charge in [0.25, 0.3) is 0 Å². The molecule has 1 fully saturated rings. The van der Waals surface area contributed by atoms with E-state index in [1.807, 2.05) is 12.2 Å². The summed E-state index contributed by atoms with van der Waals surface area (Å²) in [5.41, 5.74) is 0. The summed E-state index contributed by atoms with van der Waals surface area (Å²) < 4.78 is 0. The largest absolute Gasteiger partial charge is 0.480 e. The first-order valence-electron chi connectivity index (χ1n) is 6.03. The number of carbonyl (C=O) groups is 3. The molecule has 0 aromatic carbocycles. The van der Waals surface area contributed by atoms with Crippen molar-refractivity contribution in [1.82, 2.24) is 10.2 Å². The van der Waals surface area contributed by atoms with Gasteiger partial charge in [-0.05, 0) is 18.8 Å². The average Bonchev–Trinajstić information content (AvgIpc) is 2.81. The zero-order valence-electron chi connectivity index (χ0n) is 9.96. The number of carboxylic acid groups (broad SMARTS) is 1. The molecule has 1 aliphatic heterocycles. The molecule has 0 bridgehead atoms. The summed E-state index contributed by atoms with van der Waals surface area (Å²) in [5.74, 6) is -1.46. The van der Waals surface area contributed by atoms with Gasteiger partial charge in [0, 0.05) is 13.0 Å². The second-order valence-electron chi connectivity index (χ2n) is 4.65. The summed E-state index contributed by atoms with van der Waals surface area (Å²) in [6.07, 6.45) is 6.17. The van der Waals surface area contributed by atoms with Gasteiger partial charge < -0.3 is 15.3 Å². The second-order valence-corrected chi connectivity index (χ2v) is 4.65. The van der Waals surface area contributed by atoms with Gasteiger partial charge in [0.1, 0.15) is 12.6 Å². The minimum atomic E-state index is -1.08. The Kier molecular flexibility index (Phi) is 3.64. The first-order chi connectivity index (χ1) is 8.58. The van der Waals surface area contributed by atoms with Crippen LogP contribution < -0.4 is 5.32 Å². The van der Waals surface area contributed by atoms with Crippen molar-refractivity contribution in [2.75, 3.05) is 13.1 Å². The number of carboxylic acids is 1. The highest BCUT2D eigenvalue weighted by atomic mass is 16.4. The Labute approximate surface area is 105 Å². The highest BCUT2D eigenvalue weighted by molar-refractivity contribution is 5.91. The molecule has 2 rings (SSSR count). The van der Waals surface area contributed by atoms with Gasteiger partial charge in [-0.3, -0.25) is 9.59 Å². The van der Waals surface area contributed by atoms with Gasteiger partial charge >= 0.3 is 5.97 Å². The quantitative estimate of drug-likeness (QED) is 0.678. The molecule has 2 aliphatic rings. The molecular weight excluding hydrogens is 236 g/mol. The first kappa shape index (κ1) is 12.6. The van der Waals surface area contributed by atoms with Gasteiger partial charge in [-0.1, -0.05) is 12.2 Å². The standard InChI is InChI=1S/C12H16N2O4/c15-10-7-14(9(6-13-10)12(17)18)11(16)5-8-3-1-2-4-8/h1,3,8-9H,2,4-7H2,(H,13,15)(H,17,18). The van der Waals surface area contributed by atoms with Crippen LogP contribution in [0.5, 0.6) is 0 Å². The number of nitrogens with one attached hydrogen (secondary N) is 1. The maximum Gasteiger partial charge on any atom is 0.328 e. The predicted octanol–water partition coefficient (Wildman–Crippen LogP) is -0.246. The zero-order valence-corrected chi connectivity index (χ0v) is 9.96. The Morgan fingerprint density at radius 2 is 2.28 bits per heavy atom. The minimum Gasteiger partial charge on any atom is -0.480 e. The lowest BCUT2D eigenvalue weighted by atomic mass is 10.0. The van der Waals surface area contributed by atoms with Crippen molar-refractivity contribution in [3.63, 3.8) is 0 Å². The fourth-order valence-electron chi connectivity index (χ4n) is 2.33. The van der Waals surface area contributed by atoms with Crippen molar-refractivity contribution in [3.05, 3.63) is 12.2 Å². The van der Waals surface area contributed by atoms with Crippen LogP contribution in [0, 0.1) is 5.92 Å². The Morgan fingerprint density at radius 3 is 2.89 bits per heavy atom. The molecule has 2 unspecified atom stereocenters. The Bertz CT molecular complexity index is 405. The SMILES string of the molecule is O=C1CN(C(=O)CC2C=CCC2)C(C(=O)O)CN1. The van der Waals surface area contributed by atoms with E-state index in [1.54, 1.807) is 0 Å². The monoisotopic (exact) mass is 252 g/mol. The van der Waals surface area contributed by atoms with Gasteiger partial charge in [0.15, 0.2) is 0 Å². The molecular formula is C12H16N2O4. The van der Waals surface area contributed by atoms with Gasteiger partial charge in [-0.15, -0.1) is 0 Å². The van der Waals surface area contributed by atoms with E-state index in [0.717, 1.165) is 12.8 Å². The molecule has 0 spiro atoms. The minimum absolute atomic E-state index is 0.0135. The van der Waals surface area contributed by atoms with Gasteiger partial charge in [0.2, 0.25) is 11.8 Å². The lowest BCUT2D eigenvalue weighted by Crippen LogP contribution is -2.59. The number of piperazine rings is 1. The van der Waals surface area contributed by atoms with Crippen LogP contribution in [0.4, 0.5) is 0 Å². The highest BCUT2D eigenvalue weighted by Crippen LogP contribution is 2.22. The number of carbonyl (C=O) groups excluding carboxylic acids is 2. The molecule has 2 atom stereocenters. The zero-order chi connectivity index (χ0) is 13.1. The van der Waals surface area contributed by atoms with E-state index < -0.39 is 12.0 Å². The van der Waals surface area contributed by atoms with Gasteiger partial charge in [0.05, 0.1) is 0 Å². The molecule has 0 saturated carbocycles. The number of aliphatic carboxylic acids is 1. The molecule has 2 N–H and O–H groups in total. The predicted molar refractivity (Wildman–Crippen MR) is 62.6 cm³/mol. The lowest BCUT2D eigenvalue weighted by molar-refractivity contribution is -0.154. The third kappa shape index (κ3) is 2.69. The lowest BCUT2D eigenvalue weighted by Gasteiger charge is -2.33. The van der Waals surface area contributed by atoms with E-state index in [4.69, 9.17) is 5.11 Å². The number of hydrogen-bond donors (Lipinski definition) is 2. The van der Waals surface area contributed by atoms with Crippen LogP contribution in [0.25, 0.3) is 0 Å². The third-order valence-corrected chi connectivity index (χ3v) is 3.34. The maximum absolute atomic E-state index is 12.1. The smallest absolute Gasteiger partial charge is 0.328 e. The van der Waals surface area contributed by atoms with E-state index in [1.165, 1.54) is 4.90 Å². The van der Waals surface area contributed by atoms with Gasteiger partial charge in [-0.2, -0.15) is 0 Å². The van der Waals surface area contributed by atoms with Crippen LogP contribution in [0.3, 0.4) is 0 Å². The van der Waals surface area contributed by atoms with Crippen molar-refractivity contribution in [2.45, 2.75) is 25.3 Å². The van der Waals surface area contributed by atoms with Crippen LogP contribution in [0.1, 0.15) is 19.3 Å². The van der Waals surface area contributed by atoms with Crippen LogP contribution >= 0.6 is 0 Å². The van der Waals surface area contributed by atoms with Crippen molar-refractivity contribution in [2.24, 2.45) is 5.92 Å². The number of nitrogens with zero attached hydrogens (tertiary/aromatic N) is 1. The van der Waals surface area contributed by atoms with Crippen LogP contribution in [-0.2, 0) is 14.4 Å². The van der Waals surface area contributed by atoms with Crippen LogP contribution in [-0.4, -0.2) is 46.9 Å².